The molecule has 0 spiro atoms. The molecule has 0 aromatic carbocycles. The predicted octanol–water partition coefficient (Wildman–Crippen LogP) is 4.06. The smallest absolute Gasteiger partial charge is 0.258 e. The zero-order valence-corrected chi connectivity index (χ0v) is 19.0. The third kappa shape index (κ3) is 4.77. The number of carbonyl (C=O) groups excluding carboxylic acids is 2. The number of isocyanates is 1. The number of aromatic nitrogens is 2. The Morgan fingerprint density at radius 1 is 1.29 bits per heavy atom. The van der Waals surface area contributed by atoms with E-state index < -0.39 is 5.54 Å². The molecule has 4 saturated carbocycles. The number of nitrogens with one attached hydrogen (secondary N) is 1. The van der Waals surface area contributed by atoms with E-state index in [1.807, 2.05) is 0 Å². The zero-order chi connectivity index (χ0) is 22.2. The van der Waals surface area contributed by atoms with Gasteiger partial charge in [0.05, 0.1) is 18.3 Å². The van der Waals surface area contributed by atoms with Gasteiger partial charge in [0, 0.05) is 12.2 Å². The molecule has 31 heavy (non-hydrogen) atoms. The van der Waals surface area contributed by atoms with Gasteiger partial charge in [-0.25, -0.2) is 9.48 Å². The summed E-state index contributed by atoms with van der Waals surface area (Å²) in [5, 5.41) is 7.71. The van der Waals surface area contributed by atoms with Crippen LogP contribution in [0.3, 0.4) is 0 Å². The molecule has 4 aliphatic carbocycles. The number of hydrogen-bond donors (Lipinski definition) is 1. The van der Waals surface area contributed by atoms with Crippen LogP contribution in [-0.2, 0) is 4.79 Å². The molecule has 0 aliphatic heterocycles. The second kappa shape index (κ2) is 8.62. The van der Waals surface area contributed by atoms with E-state index in [9.17, 15) is 9.59 Å². The molecule has 0 saturated heterocycles. The Bertz CT molecular complexity index is 867. The van der Waals surface area contributed by atoms with Crippen LogP contribution in [0.4, 0.5) is 0 Å². The Labute approximate surface area is 184 Å². The van der Waals surface area contributed by atoms with E-state index in [2.05, 4.69) is 29.3 Å². The second-order valence-electron chi connectivity index (χ2n) is 10.6. The maximum atomic E-state index is 13.3. The number of ether oxygens (including phenoxy) is 1. The van der Waals surface area contributed by atoms with Gasteiger partial charge in [0.15, 0.2) is 0 Å². The molecule has 7 nitrogen and oxygen atoms in total. The van der Waals surface area contributed by atoms with Crippen LogP contribution in [0.15, 0.2) is 17.3 Å². The van der Waals surface area contributed by atoms with Crippen LogP contribution in [0.25, 0.3) is 6.20 Å². The number of aliphatic imine (C=N–C) groups is 1. The quantitative estimate of drug-likeness (QED) is 0.502. The fourth-order valence-electron chi connectivity index (χ4n) is 5.80. The van der Waals surface area contributed by atoms with Crippen LogP contribution in [0.2, 0.25) is 0 Å². The molecular weight excluding hydrogens is 392 g/mol. The molecule has 7 heteroatoms. The molecule has 1 heterocycles. The third-order valence-electron chi connectivity index (χ3n) is 7.03. The van der Waals surface area contributed by atoms with Gasteiger partial charge in [-0.3, -0.25) is 4.79 Å². The Kier molecular flexibility index (Phi) is 6.07. The summed E-state index contributed by atoms with van der Waals surface area (Å²) in [4.78, 5) is 27.7. The topological polar surface area (TPSA) is 85.6 Å². The molecule has 4 bridgehead atoms. The van der Waals surface area contributed by atoms with E-state index in [-0.39, 0.29) is 11.9 Å². The lowest BCUT2D eigenvalue weighted by Crippen LogP contribution is -2.55. The third-order valence-corrected chi connectivity index (χ3v) is 7.03. The van der Waals surface area contributed by atoms with Crippen LogP contribution >= 0.6 is 0 Å². The van der Waals surface area contributed by atoms with E-state index in [0.29, 0.717) is 35.8 Å². The highest BCUT2D eigenvalue weighted by molar-refractivity contribution is 5.96. The Balaban J connectivity index is 1.54. The largest absolute Gasteiger partial charge is 0.477 e. The highest BCUT2D eigenvalue weighted by Crippen LogP contribution is 2.53. The van der Waals surface area contributed by atoms with Crippen molar-refractivity contribution in [1.29, 1.82) is 0 Å². The summed E-state index contributed by atoms with van der Waals surface area (Å²) in [6, 6.07) is 0.262. The fourth-order valence-corrected chi connectivity index (χ4v) is 5.80. The maximum absolute atomic E-state index is 13.3. The van der Waals surface area contributed by atoms with Crippen molar-refractivity contribution in [2.45, 2.75) is 71.4 Å². The molecule has 0 unspecified atom stereocenters. The zero-order valence-electron chi connectivity index (χ0n) is 19.0. The summed E-state index contributed by atoms with van der Waals surface area (Å²) in [5.41, 5.74) is -0.262. The highest BCUT2D eigenvalue weighted by Gasteiger charge is 2.48. The van der Waals surface area contributed by atoms with E-state index in [1.165, 1.54) is 32.1 Å². The van der Waals surface area contributed by atoms with Crippen molar-refractivity contribution in [3.63, 3.8) is 0 Å². The molecule has 1 aromatic rings. The van der Waals surface area contributed by atoms with E-state index in [1.54, 1.807) is 43.1 Å². The van der Waals surface area contributed by atoms with Gasteiger partial charge < -0.3 is 10.1 Å². The van der Waals surface area contributed by atoms with Gasteiger partial charge >= 0.3 is 0 Å². The SMILES string of the molecule is CC(C)COc1c(C(=O)NC2C3CC4CC(C3)CC2C4)cnn1C=CC(C)(C)N=C=O. The molecule has 0 radical (unpaired) electrons. The molecule has 4 fully saturated rings. The average Bonchev–Trinajstić information content (AvgIpc) is 3.10. The summed E-state index contributed by atoms with van der Waals surface area (Å²) in [5.74, 6) is 3.58. The van der Waals surface area contributed by atoms with Crippen LogP contribution in [0.5, 0.6) is 5.88 Å². The number of hydrogen-bond acceptors (Lipinski definition) is 5. The first-order chi connectivity index (χ1) is 14.8. The first-order valence-electron chi connectivity index (χ1n) is 11.5. The van der Waals surface area contributed by atoms with Gasteiger partial charge in [0.2, 0.25) is 12.0 Å². The number of rotatable bonds is 8. The van der Waals surface area contributed by atoms with Gasteiger partial charge in [-0.2, -0.15) is 10.1 Å². The molecule has 5 rings (SSSR count). The minimum Gasteiger partial charge on any atom is -0.477 e. The summed E-state index contributed by atoms with van der Waals surface area (Å²) < 4.78 is 7.56. The van der Waals surface area contributed by atoms with Crippen molar-refractivity contribution >= 4 is 18.2 Å². The van der Waals surface area contributed by atoms with Crippen molar-refractivity contribution < 1.29 is 14.3 Å². The van der Waals surface area contributed by atoms with Crippen LogP contribution in [-0.4, -0.2) is 40.0 Å². The van der Waals surface area contributed by atoms with E-state index in [4.69, 9.17) is 4.74 Å². The minimum absolute atomic E-state index is 0.110. The highest BCUT2D eigenvalue weighted by atomic mass is 16.5. The summed E-state index contributed by atoms with van der Waals surface area (Å²) in [6.45, 7) is 8.20. The first kappa shape index (κ1) is 21.8. The molecule has 0 atom stereocenters. The van der Waals surface area contributed by atoms with Gasteiger partial charge in [-0.1, -0.05) is 13.8 Å². The number of carbonyl (C=O) groups is 1. The Morgan fingerprint density at radius 2 is 1.94 bits per heavy atom. The van der Waals surface area contributed by atoms with Gasteiger partial charge in [0.1, 0.15) is 5.56 Å². The standard InChI is InChI=1S/C24H34N4O3/c1-15(2)13-31-23-20(12-26-28(23)6-5-24(3,4)25-14-29)22(30)27-21-18-8-16-7-17(10-18)11-19(21)9-16/h5-6,12,15-19,21H,7-11,13H2,1-4H3,(H,27,30). The maximum Gasteiger partial charge on any atom is 0.258 e. The fraction of sp³-hybridized carbons (Fsp3) is 0.708. The normalized spacial score (nSPS) is 29.4. The van der Waals surface area contributed by atoms with Crippen molar-refractivity contribution in [3.05, 3.63) is 17.8 Å². The predicted molar refractivity (Wildman–Crippen MR) is 118 cm³/mol. The summed E-state index contributed by atoms with van der Waals surface area (Å²) in [6.07, 6.45) is 13.0. The van der Waals surface area contributed by atoms with Gasteiger partial charge in [-0.15, -0.1) is 0 Å². The van der Waals surface area contributed by atoms with Crippen LogP contribution in [0, 0.1) is 29.6 Å². The van der Waals surface area contributed by atoms with Gasteiger partial charge in [-0.05, 0) is 81.6 Å². The Morgan fingerprint density at radius 3 is 2.52 bits per heavy atom. The average molecular weight is 427 g/mol. The van der Waals surface area contributed by atoms with Crippen molar-refractivity contribution in [2.24, 2.45) is 34.6 Å². The summed E-state index contributed by atoms with van der Waals surface area (Å²) >= 11 is 0. The lowest BCUT2D eigenvalue weighted by Gasteiger charge is -2.54. The van der Waals surface area contributed by atoms with E-state index in [0.717, 1.165) is 11.8 Å². The van der Waals surface area contributed by atoms with Crippen molar-refractivity contribution in [2.75, 3.05) is 6.61 Å². The second-order valence-corrected chi connectivity index (χ2v) is 10.6. The van der Waals surface area contributed by atoms with Crippen molar-refractivity contribution in [3.8, 4) is 5.88 Å². The monoisotopic (exact) mass is 426 g/mol. The molecule has 4 aliphatic rings. The van der Waals surface area contributed by atoms with Crippen molar-refractivity contribution in [1.82, 2.24) is 15.1 Å². The number of amides is 1. The van der Waals surface area contributed by atoms with Gasteiger partial charge in [0.25, 0.3) is 5.91 Å². The summed E-state index contributed by atoms with van der Waals surface area (Å²) in [7, 11) is 0. The molecule has 1 amide bonds. The molecular formula is C24H34N4O3. The molecule has 1 aromatic heterocycles. The van der Waals surface area contributed by atoms with Crippen LogP contribution < -0.4 is 10.1 Å². The lowest BCUT2D eigenvalue weighted by atomic mass is 9.54. The molecule has 168 valence electrons. The lowest BCUT2D eigenvalue weighted by molar-refractivity contribution is -0.0120. The number of nitrogens with zero attached hydrogens (tertiary/aromatic N) is 3. The Hall–Kier alpha value is -2.40. The van der Waals surface area contributed by atoms with E-state index >= 15 is 0 Å². The van der Waals surface area contributed by atoms with Crippen LogP contribution in [0.1, 0.15) is 70.2 Å². The first-order valence-corrected chi connectivity index (χ1v) is 11.5. The molecule has 1 N–H and O–H groups in total. The minimum atomic E-state index is -0.716.